The predicted octanol–water partition coefficient (Wildman–Crippen LogP) is 1.58. The minimum absolute atomic E-state index is 0.0921. The molecule has 4 heteroatoms. The van der Waals surface area contributed by atoms with Gasteiger partial charge in [-0.1, -0.05) is 12.1 Å². The molecule has 0 saturated heterocycles. The Balaban J connectivity index is 2.51. The molecule has 0 bridgehead atoms. The van der Waals surface area contributed by atoms with Gasteiger partial charge in [0.15, 0.2) is 12.8 Å². The molecule has 0 spiro atoms. The highest BCUT2D eigenvalue weighted by molar-refractivity contribution is 5.87. The Morgan fingerprint density at radius 1 is 1.44 bits per heavy atom. The van der Waals surface area contributed by atoms with Crippen molar-refractivity contribution in [2.75, 3.05) is 0 Å². The second kappa shape index (κ2) is 4.64. The van der Waals surface area contributed by atoms with Gasteiger partial charge in [0.2, 0.25) is 5.52 Å². The summed E-state index contributed by atoms with van der Waals surface area (Å²) < 4.78 is 4.00. The molecule has 18 heavy (non-hydrogen) atoms. The molecule has 0 atom stereocenters. The fourth-order valence-corrected chi connectivity index (χ4v) is 2.18. The van der Waals surface area contributed by atoms with E-state index in [-0.39, 0.29) is 11.5 Å². The van der Waals surface area contributed by atoms with E-state index in [1.807, 2.05) is 47.7 Å². The fourth-order valence-electron chi connectivity index (χ4n) is 2.18. The van der Waals surface area contributed by atoms with E-state index in [9.17, 15) is 9.90 Å². The third kappa shape index (κ3) is 2.14. The summed E-state index contributed by atoms with van der Waals surface area (Å²) in [5, 5.41) is 10.9. The van der Waals surface area contributed by atoms with Crippen LogP contribution in [0.15, 0.2) is 36.1 Å². The number of aryl methyl sites for hydroxylation is 1. The number of aromatic nitrogens is 2. The van der Waals surface area contributed by atoms with Crippen molar-refractivity contribution in [3.05, 3.63) is 41.8 Å². The second-order valence-corrected chi connectivity index (χ2v) is 4.43. The van der Waals surface area contributed by atoms with Crippen LogP contribution in [0.3, 0.4) is 0 Å². The van der Waals surface area contributed by atoms with E-state index in [0.717, 1.165) is 16.6 Å². The van der Waals surface area contributed by atoms with Crippen LogP contribution in [-0.2, 0) is 25.3 Å². The number of aliphatic hydroxyl groups excluding tert-OH is 1. The SMILES string of the molecule is CC(=O)C=C(O)Cc1c2ccccc2[n+](C)n1C. The van der Waals surface area contributed by atoms with Gasteiger partial charge in [0.25, 0.3) is 0 Å². The molecule has 0 radical (unpaired) electrons. The number of carbonyl (C=O) groups is 1. The van der Waals surface area contributed by atoms with Crippen molar-refractivity contribution in [2.24, 2.45) is 14.1 Å². The number of fused-ring (bicyclic) bond motifs is 1. The van der Waals surface area contributed by atoms with Crippen LogP contribution >= 0.6 is 0 Å². The highest BCUT2D eigenvalue weighted by Crippen LogP contribution is 2.18. The molecule has 1 aromatic carbocycles. The van der Waals surface area contributed by atoms with Gasteiger partial charge in [0, 0.05) is 12.1 Å². The second-order valence-electron chi connectivity index (χ2n) is 4.43. The maximum atomic E-state index is 10.9. The van der Waals surface area contributed by atoms with Gasteiger partial charge < -0.3 is 5.11 Å². The number of rotatable bonds is 3. The molecule has 1 aromatic heterocycles. The number of benzene rings is 1. The van der Waals surface area contributed by atoms with Crippen LogP contribution in [0.4, 0.5) is 0 Å². The number of ketones is 1. The summed E-state index contributed by atoms with van der Waals surface area (Å²) in [5.41, 5.74) is 2.09. The molecule has 0 aliphatic carbocycles. The molecule has 1 heterocycles. The summed E-state index contributed by atoms with van der Waals surface area (Å²) in [6, 6.07) is 8.01. The first-order valence-electron chi connectivity index (χ1n) is 5.83. The zero-order valence-corrected chi connectivity index (χ0v) is 10.8. The molecule has 0 aliphatic rings. The minimum atomic E-state index is -0.143. The lowest BCUT2D eigenvalue weighted by Crippen LogP contribution is -2.38. The van der Waals surface area contributed by atoms with Gasteiger partial charge >= 0.3 is 0 Å². The van der Waals surface area contributed by atoms with Crippen LogP contribution in [0.5, 0.6) is 0 Å². The summed E-state index contributed by atoms with van der Waals surface area (Å²) in [5.74, 6) is -0.0511. The van der Waals surface area contributed by atoms with E-state index in [0.29, 0.717) is 6.42 Å². The van der Waals surface area contributed by atoms with Crippen molar-refractivity contribution in [3.63, 3.8) is 0 Å². The molecule has 1 N–H and O–H groups in total. The molecular weight excluding hydrogens is 228 g/mol. The number of hydrogen-bond acceptors (Lipinski definition) is 2. The summed E-state index contributed by atoms with van der Waals surface area (Å²) >= 11 is 0. The highest BCUT2D eigenvalue weighted by Gasteiger charge is 2.18. The van der Waals surface area contributed by atoms with Gasteiger partial charge in [-0.25, -0.2) is 0 Å². The van der Waals surface area contributed by atoms with Crippen LogP contribution in [0.25, 0.3) is 10.9 Å². The van der Waals surface area contributed by atoms with Crippen LogP contribution in [-0.4, -0.2) is 15.6 Å². The average molecular weight is 245 g/mol. The lowest BCUT2D eigenvalue weighted by molar-refractivity contribution is -0.728. The largest absolute Gasteiger partial charge is 0.512 e. The van der Waals surface area contributed by atoms with Crippen LogP contribution in [0.2, 0.25) is 0 Å². The van der Waals surface area contributed by atoms with Crippen molar-refractivity contribution in [2.45, 2.75) is 13.3 Å². The van der Waals surface area contributed by atoms with Crippen molar-refractivity contribution < 1.29 is 14.6 Å². The molecule has 0 amide bonds. The standard InChI is InChI=1S/C14H16N2O2/c1-10(17)8-11(18)9-14-12-6-4-5-7-13(12)15(2)16(14)3/h4-8H,9H2,1-3H3/p+1. The Bertz CT molecular complexity index is 639. The zero-order valence-electron chi connectivity index (χ0n) is 10.8. The Morgan fingerprint density at radius 2 is 2.11 bits per heavy atom. The minimum Gasteiger partial charge on any atom is -0.512 e. The normalized spacial score (nSPS) is 12.1. The van der Waals surface area contributed by atoms with Gasteiger partial charge in [-0.15, -0.1) is 4.68 Å². The third-order valence-electron chi connectivity index (χ3n) is 3.12. The molecule has 0 saturated carbocycles. The van der Waals surface area contributed by atoms with Crippen molar-refractivity contribution in [1.82, 2.24) is 4.68 Å². The number of para-hydroxylation sites is 1. The van der Waals surface area contributed by atoms with Crippen LogP contribution in [0, 0.1) is 0 Å². The summed E-state index contributed by atoms with van der Waals surface area (Å²) in [4.78, 5) is 10.9. The van der Waals surface area contributed by atoms with E-state index in [2.05, 4.69) is 0 Å². The molecule has 0 aliphatic heterocycles. The number of aliphatic hydroxyl groups is 1. The highest BCUT2D eigenvalue weighted by atomic mass is 16.3. The van der Waals surface area contributed by atoms with Gasteiger partial charge in [0.1, 0.15) is 5.76 Å². The van der Waals surface area contributed by atoms with Gasteiger partial charge in [-0.2, -0.15) is 4.68 Å². The Hall–Kier alpha value is -2.10. The Morgan fingerprint density at radius 3 is 2.78 bits per heavy atom. The van der Waals surface area contributed by atoms with Gasteiger partial charge in [0.05, 0.1) is 24.5 Å². The maximum absolute atomic E-state index is 10.9. The fraction of sp³-hybridized carbons (Fsp3) is 0.286. The van der Waals surface area contributed by atoms with E-state index >= 15 is 0 Å². The first kappa shape index (κ1) is 12.4. The van der Waals surface area contributed by atoms with Crippen LogP contribution < -0.4 is 4.68 Å². The molecule has 0 unspecified atom stereocenters. The number of hydrogen-bond donors (Lipinski definition) is 1. The first-order valence-corrected chi connectivity index (χ1v) is 5.83. The molecule has 4 nitrogen and oxygen atoms in total. The average Bonchev–Trinajstić information content (AvgIpc) is 2.54. The first-order chi connectivity index (χ1) is 8.50. The van der Waals surface area contributed by atoms with E-state index in [1.54, 1.807) is 0 Å². The molecular formula is C14H17N2O2+. The van der Waals surface area contributed by atoms with Gasteiger partial charge in [-0.3, -0.25) is 4.79 Å². The third-order valence-corrected chi connectivity index (χ3v) is 3.12. The summed E-state index contributed by atoms with van der Waals surface area (Å²) in [6.45, 7) is 1.43. The van der Waals surface area contributed by atoms with Crippen LogP contribution in [0.1, 0.15) is 12.6 Å². The maximum Gasteiger partial charge on any atom is 0.238 e. The summed E-state index contributed by atoms with van der Waals surface area (Å²) in [7, 11) is 3.91. The number of allylic oxidation sites excluding steroid dienone is 2. The molecule has 0 fully saturated rings. The Labute approximate surface area is 106 Å². The summed E-state index contributed by atoms with van der Waals surface area (Å²) in [6.07, 6.45) is 1.62. The topological polar surface area (TPSA) is 46.1 Å². The van der Waals surface area contributed by atoms with E-state index in [4.69, 9.17) is 0 Å². The van der Waals surface area contributed by atoms with Crippen molar-refractivity contribution in [1.29, 1.82) is 0 Å². The van der Waals surface area contributed by atoms with Gasteiger partial charge in [-0.05, 0) is 13.0 Å². The van der Waals surface area contributed by atoms with E-state index < -0.39 is 0 Å². The lowest BCUT2D eigenvalue weighted by Gasteiger charge is -1.99. The lowest BCUT2D eigenvalue weighted by atomic mass is 10.1. The molecule has 2 rings (SSSR count). The quantitative estimate of drug-likeness (QED) is 0.507. The Kier molecular flexibility index (Phi) is 3.19. The van der Waals surface area contributed by atoms with Crippen molar-refractivity contribution >= 4 is 16.7 Å². The predicted molar refractivity (Wildman–Crippen MR) is 69.2 cm³/mol. The molecule has 94 valence electrons. The van der Waals surface area contributed by atoms with E-state index in [1.165, 1.54) is 13.0 Å². The van der Waals surface area contributed by atoms with Crippen molar-refractivity contribution in [3.8, 4) is 0 Å². The zero-order chi connectivity index (χ0) is 13.3. The number of carbonyl (C=O) groups excluding carboxylic acids is 1. The smallest absolute Gasteiger partial charge is 0.238 e. The monoisotopic (exact) mass is 245 g/mol. The number of nitrogens with zero attached hydrogens (tertiary/aromatic N) is 2. The molecule has 2 aromatic rings.